The van der Waals surface area contributed by atoms with Crippen molar-refractivity contribution in [1.29, 1.82) is 0 Å². The molecule has 0 spiro atoms. The fraction of sp³-hybridized carbons (Fsp3) is 0.500. The fourth-order valence-corrected chi connectivity index (χ4v) is 2.66. The molecule has 1 heterocycles. The van der Waals surface area contributed by atoms with Gasteiger partial charge in [-0.25, -0.2) is 4.40 Å². The zero-order valence-electron chi connectivity index (χ0n) is 8.80. The molecule has 0 bridgehead atoms. The molecular formula is C10H14BrNS2. The maximum Gasteiger partial charge on any atom is 0.0705 e. The second-order valence-corrected chi connectivity index (χ2v) is 8.04. The van der Waals surface area contributed by atoms with Crippen LogP contribution in [-0.4, -0.2) is 10.5 Å². The van der Waals surface area contributed by atoms with Crippen LogP contribution in [0.1, 0.15) is 32.6 Å². The SMILES string of the molecule is CC(=NSC(C)(C)C)c1ccc(Br)s1. The van der Waals surface area contributed by atoms with Crippen molar-refractivity contribution in [2.75, 3.05) is 0 Å². The van der Waals surface area contributed by atoms with E-state index in [1.165, 1.54) is 4.88 Å². The Morgan fingerprint density at radius 3 is 2.50 bits per heavy atom. The van der Waals surface area contributed by atoms with Crippen LogP contribution in [0.2, 0.25) is 0 Å². The van der Waals surface area contributed by atoms with Gasteiger partial charge in [0.25, 0.3) is 0 Å². The Kier molecular flexibility index (Phi) is 4.22. The van der Waals surface area contributed by atoms with Crippen molar-refractivity contribution in [1.82, 2.24) is 0 Å². The molecule has 0 aliphatic carbocycles. The molecule has 0 aliphatic heterocycles. The van der Waals surface area contributed by atoms with E-state index in [2.05, 4.69) is 60.2 Å². The van der Waals surface area contributed by atoms with Crippen LogP contribution < -0.4 is 0 Å². The maximum absolute atomic E-state index is 4.50. The smallest absolute Gasteiger partial charge is 0.0705 e. The van der Waals surface area contributed by atoms with Gasteiger partial charge in [-0.15, -0.1) is 11.3 Å². The molecule has 0 radical (unpaired) electrons. The molecular weight excluding hydrogens is 278 g/mol. The van der Waals surface area contributed by atoms with Crippen molar-refractivity contribution in [3.8, 4) is 0 Å². The average molecular weight is 292 g/mol. The monoisotopic (exact) mass is 291 g/mol. The van der Waals surface area contributed by atoms with E-state index in [0.717, 1.165) is 9.50 Å². The van der Waals surface area contributed by atoms with Gasteiger partial charge in [0.15, 0.2) is 0 Å². The summed E-state index contributed by atoms with van der Waals surface area (Å²) in [7, 11) is 0. The third-order valence-electron chi connectivity index (χ3n) is 1.39. The number of nitrogens with zero attached hydrogens (tertiary/aromatic N) is 1. The van der Waals surface area contributed by atoms with Crippen LogP contribution in [0.4, 0.5) is 0 Å². The Balaban J connectivity index is 2.70. The van der Waals surface area contributed by atoms with Crippen LogP contribution in [0.5, 0.6) is 0 Å². The van der Waals surface area contributed by atoms with Gasteiger partial charge < -0.3 is 0 Å². The van der Waals surface area contributed by atoms with Gasteiger partial charge in [0.2, 0.25) is 0 Å². The van der Waals surface area contributed by atoms with Crippen molar-refractivity contribution in [3.63, 3.8) is 0 Å². The molecule has 0 saturated carbocycles. The number of hydrogen-bond donors (Lipinski definition) is 0. The molecule has 0 N–H and O–H groups in total. The summed E-state index contributed by atoms with van der Waals surface area (Å²) in [6, 6.07) is 4.15. The van der Waals surface area contributed by atoms with Crippen molar-refractivity contribution in [2.45, 2.75) is 32.4 Å². The van der Waals surface area contributed by atoms with Gasteiger partial charge in [0.05, 0.1) is 14.4 Å². The highest BCUT2D eigenvalue weighted by atomic mass is 79.9. The molecule has 1 rings (SSSR count). The lowest BCUT2D eigenvalue weighted by Crippen LogP contribution is -2.06. The van der Waals surface area contributed by atoms with E-state index in [1.807, 2.05) is 0 Å². The molecule has 0 unspecified atom stereocenters. The second-order valence-electron chi connectivity index (χ2n) is 3.98. The minimum atomic E-state index is 0.190. The van der Waals surface area contributed by atoms with Crippen LogP contribution in [-0.2, 0) is 0 Å². The summed E-state index contributed by atoms with van der Waals surface area (Å²) in [6.45, 7) is 8.55. The molecule has 0 fully saturated rings. The van der Waals surface area contributed by atoms with Gasteiger partial charge in [0, 0.05) is 4.75 Å². The number of thiophene rings is 1. The Labute approximate surface area is 102 Å². The Morgan fingerprint density at radius 2 is 2.07 bits per heavy atom. The fourth-order valence-electron chi connectivity index (χ4n) is 0.759. The van der Waals surface area contributed by atoms with Crippen molar-refractivity contribution < 1.29 is 0 Å². The van der Waals surface area contributed by atoms with Gasteiger partial charge in [-0.2, -0.15) is 0 Å². The van der Waals surface area contributed by atoms with E-state index in [0.29, 0.717) is 0 Å². The van der Waals surface area contributed by atoms with Crippen molar-refractivity contribution >= 4 is 44.9 Å². The minimum Gasteiger partial charge on any atom is -0.219 e. The summed E-state index contributed by atoms with van der Waals surface area (Å²) in [6.07, 6.45) is 0. The van der Waals surface area contributed by atoms with Gasteiger partial charge >= 0.3 is 0 Å². The molecule has 14 heavy (non-hydrogen) atoms. The zero-order valence-corrected chi connectivity index (χ0v) is 12.0. The van der Waals surface area contributed by atoms with E-state index < -0.39 is 0 Å². The molecule has 1 aromatic rings. The van der Waals surface area contributed by atoms with Crippen molar-refractivity contribution in [2.24, 2.45) is 4.40 Å². The van der Waals surface area contributed by atoms with Crippen LogP contribution in [0, 0.1) is 0 Å². The molecule has 1 nitrogen and oxygen atoms in total. The molecule has 4 heteroatoms. The van der Waals surface area contributed by atoms with Crippen LogP contribution in [0.25, 0.3) is 0 Å². The van der Waals surface area contributed by atoms with Crippen LogP contribution in [0.15, 0.2) is 20.3 Å². The van der Waals surface area contributed by atoms with Crippen molar-refractivity contribution in [3.05, 3.63) is 20.8 Å². The standard InChI is InChI=1S/C10H14BrNS2/c1-7(12-14-10(2,3)4)8-5-6-9(11)13-8/h5-6H,1-4H3. The summed E-state index contributed by atoms with van der Waals surface area (Å²) >= 11 is 6.79. The number of rotatable bonds is 2. The Bertz CT molecular complexity index is 336. The second kappa shape index (κ2) is 4.81. The summed E-state index contributed by atoms with van der Waals surface area (Å²) in [5.74, 6) is 0. The lowest BCUT2D eigenvalue weighted by atomic mass is 10.3. The van der Waals surface area contributed by atoms with E-state index >= 15 is 0 Å². The predicted octanol–water partition coefficient (Wildman–Crippen LogP) is 4.77. The zero-order chi connectivity index (χ0) is 10.8. The summed E-state index contributed by atoms with van der Waals surface area (Å²) in [5, 5.41) is 0. The van der Waals surface area contributed by atoms with E-state index in [4.69, 9.17) is 0 Å². The average Bonchev–Trinajstić information content (AvgIpc) is 2.46. The highest BCUT2D eigenvalue weighted by Gasteiger charge is 2.10. The van der Waals surface area contributed by atoms with E-state index in [1.54, 1.807) is 23.3 Å². The van der Waals surface area contributed by atoms with E-state index in [9.17, 15) is 0 Å². The summed E-state index contributed by atoms with van der Waals surface area (Å²) in [4.78, 5) is 1.23. The van der Waals surface area contributed by atoms with Gasteiger partial charge in [-0.3, -0.25) is 0 Å². The molecule has 0 saturated heterocycles. The highest BCUT2D eigenvalue weighted by Crippen LogP contribution is 2.27. The molecule has 0 amide bonds. The largest absolute Gasteiger partial charge is 0.219 e. The lowest BCUT2D eigenvalue weighted by molar-refractivity contribution is 0.804. The molecule has 0 aromatic carbocycles. The summed E-state index contributed by atoms with van der Waals surface area (Å²) in [5.41, 5.74) is 1.10. The quantitative estimate of drug-likeness (QED) is 0.565. The van der Waals surface area contributed by atoms with Gasteiger partial charge in [-0.05, 0) is 67.7 Å². The first kappa shape index (κ1) is 12.3. The Morgan fingerprint density at radius 1 is 1.43 bits per heavy atom. The highest BCUT2D eigenvalue weighted by molar-refractivity contribution is 9.11. The summed E-state index contributed by atoms with van der Waals surface area (Å²) < 4.78 is 5.85. The van der Waals surface area contributed by atoms with Crippen LogP contribution >= 0.6 is 39.2 Å². The maximum atomic E-state index is 4.50. The normalized spacial score (nSPS) is 13.4. The number of hydrogen-bond acceptors (Lipinski definition) is 3. The van der Waals surface area contributed by atoms with Crippen LogP contribution in [0.3, 0.4) is 0 Å². The third-order valence-corrected chi connectivity index (χ3v) is 4.03. The Hall–Kier alpha value is 0.200. The first-order chi connectivity index (χ1) is 6.38. The molecule has 0 atom stereocenters. The third kappa shape index (κ3) is 4.15. The number of halogens is 1. The lowest BCUT2D eigenvalue weighted by Gasteiger charge is -2.13. The molecule has 78 valence electrons. The van der Waals surface area contributed by atoms with Gasteiger partial charge in [0.1, 0.15) is 0 Å². The molecule has 1 aromatic heterocycles. The topological polar surface area (TPSA) is 12.4 Å². The van der Waals surface area contributed by atoms with E-state index in [-0.39, 0.29) is 4.75 Å². The van der Waals surface area contributed by atoms with Gasteiger partial charge in [-0.1, -0.05) is 0 Å². The predicted molar refractivity (Wildman–Crippen MR) is 71.6 cm³/mol. The molecule has 0 aliphatic rings. The first-order valence-corrected chi connectivity index (χ1v) is 6.75. The first-order valence-electron chi connectivity index (χ1n) is 4.37. The minimum absolute atomic E-state index is 0.190.